The predicted molar refractivity (Wildman–Crippen MR) is 305 cm³/mol. The highest BCUT2D eigenvalue weighted by atomic mass is 16.5. The van der Waals surface area contributed by atoms with Crippen LogP contribution in [0.25, 0.3) is 67.0 Å². The van der Waals surface area contributed by atoms with E-state index in [0.717, 1.165) is 95.0 Å². The Morgan fingerprint density at radius 2 is 1.30 bits per heavy atom. The number of morpholine rings is 1. The molecule has 0 bridgehead atoms. The molecule has 0 unspecified atom stereocenters. The number of likely N-dealkylation sites (tertiary alicyclic amines) is 1. The lowest BCUT2D eigenvalue weighted by Gasteiger charge is -2.44. The normalized spacial score (nSPS) is 16.7. The fourth-order valence-corrected chi connectivity index (χ4v) is 11.2. The molecule has 7 heterocycles. The number of anilines is 1. The number of aromatic amines is 2. The summed E-state index contributed by atoms with van der Waals surface area (Å²) in [6.07, 6.45) is 5.38. The molecular weight excluding hydrogens is 1030 g/mol. The highest BCUT2D eigenvalue weighted by Gasteiger charge is 2.45. The molecule has 81 heavy (non-hydrogen) atoms. The molecule has 5 N–H and O–H groups in total. The average Bonchev–Trinajstić information content (AvgIpc) is 4.20. The molecule has 3 aliphatic heterocycles. The summed E-state index contributed by atoms with van der Waals surface area (Å²) in [5.41, 5.74) is 10.7. The minimum atomic E-state index is -0.493. The van der Waals surface area contributed by atoms with E-state index >= 15 is 0 Å². The number of H-pyrrole nitrogens is 2. The van der Waals surface area contributed by atoms with Crippen LogP contribution in [-0.4, -0.2) is 171 Å². The number of nitriles is 2. The fraction of sp³-hybridized carbons (Fsp3) is 0.339. The van der Waals surface area contributed by atoms with Crippen molar-refractivity contribution < 1.29 is 39.1 Å². The summed E-state index contributed by atoms with van der Waals surface area (Å²) < 4.78 is 17.7. The lowest BCUT2D eigenvalue weighted by molar-refractivity contribution is -0.135. The van der Waals surface area contributed by atoms with E-state index in [1.54, 1.807) is 23.2 Å². The number of carbonyl (C=O) groups is 2. The molecular formula is C62H63N11O8. The first-order valence-electron chi connectivity index (χ1n) is 27.4. The topological polar surface area (TPSA) is 253 Å². The van der Waals surface area contributed by atoms with Crippen LogP contribution in [0.3, 0.4) is 0 Å². The molecule has 2 amide bonds. The number of pyridine rings is 1. The Morgan fingerprint density at radius 1 is 0.667 bits per heavy atom. The standard InChI is InChI=1S/C32H33N7O4.C30H30N4O4/c1-37-11-13-39(14-12-37)32(42)23-4-2-3-21(15-23)27-17-26-30(34-20-35-31(26)36-27)22-5-6-28(24(16-22)18-33)43-25-7-9-38(10-8-25)29(41)19-40;31-17-22-13-21(3-6-28(22)38-24-15-30(16-24,18-35)19-36)29-25-14-27(33-26(25)7-8-32-29)20-1-4-23(5-2-20)34-9-11-37-12-10-34/h2-6,15-17,20,25,40H,7-14,19H2,1H3,(H,34,35,36);1-8,13-14,24,33,35-36H,9-12,15-16,18-19H2. The van der Waals surface area contributed by atoms with E-state index < -0.39 is 12.0 Å². The summed E-state index contributed by atoms with van der Waals surface area (Å²) in [5.74, 6) is 0.742. The van der Waals surface area contributed by atoms with Crippen molar-refractivity contribution in [3.63, 3.8) is 0 Å². The number of aliphatic hydroxyl groups excluding tert-OH is 3. The summed E-state index contributed by atoms with van der Waals surface area (Å²) in [5, 5.41) is 49.7. The molecule has 19 heteroatoms. The largest absolute Gasteiger partial charge is 0.489 e. The minimum Gasteiger partial charge on any atom is -0.489 e. The first kappa shape index (κ1) is 54.3. The number of nitrogens with zero attached hydrogens (tertiary/aromatic N) is 9. The monoisotopic (exact) mass is 1090 g/mol. The third-order valence-corrected chi connectivity index (χ3v) is 16.0. The molecule has 8 aromatic rings. The van der Waals surface area contributed by atoms with Gasteiger partial charge in [0.15, 0.2) is 0 Å². The van der Waals surface area contributed by atoms with Crippen LogP contribution in [0.4, 0.5) is 5.69 Å². The highest BCUT2D eigenvalue weighted by molar-refractivity contribution is 5.98. The van der Waals surface area contributed by atoms with Crippen LogP contribution in [0.1, 0.15) is 47.2 Å². The highest BCUT2D eigenvalue weighted by Crippen LogP contribution is 2.43. The van der Waals surface area contributed by atoms with Crippen molar-refractivity contribution >= 4 is 39.4 Å². The first-order valence-corrected chi connectivity index (χ1v) is 27.4. The van der Waals surface area contributed by atoms with Gasteiger partial charge >= 0.3 is 0 Å². The number of hydrogen-bond acceptors (Lipinski definition) is 15. The van der Waals surface area contributed by atoms with E-state index in [9.17, 15) is 30.3 Å². The van der Waals surface area contributed by atoms with Gasteiger partial charge in [0.2, 0.25) is 5.91 Å². The number of piperazine rings is 1. The lowest BCUT2D eigenvalue weighted by Crippen LogP contribution is -2.49. The number of likely N-dealkylation sites (N-methyl/N-ethyl adjacent to an activating group) is 1. The molecule has 1 aliphatic carbocycles. The molecule has 414 valence electrons. The van der Waals surface area contributed by atoms with Gasteiger partial charge in [-0.15, -0.1) is 0 Å². The number of fused-ring (bicyclic) bond motifs is 2. The van der Waals surface area contributed by atoms with Gasteiger partial charge in [-0.3, -0.25) is 14.6 Å². The second-order valence-electron chi connectivity index (χ2n) is 21.3. The van der Waals surface area contributed by atoms with Gasteiger partial charge in [0.25, 0.3) is 5.91 Å². The minimum absolute atomic E-state index is 0.0297. The maximum absolute atomic E-state index is 13.2. The maximum Gasteiger partial charge on any atom is 0.253 e. The lowest BCUT2D eigenvalue weighted by atomic mass is 9.68. The van der Waals surface area contributed by atoms with Crippen LogP contribution >= 0.6 is 0 Å². The Bertz CT molecular complexity index is 3650. The Kier molecular flexibility index (Phi) is 16.1. The van der Waals surface area contributed by atoms with Crippen LogP contribution in [0, 0.1) is 28.1 Å². The van der Waals surface area contributed by atoms with Gasteiger partial charge < -0.3 is 59.1 Å². The number of hydrogen-bond donors (Lipinski definition) is 5. The second-order valence-corrected chi connectivity index (χ2v) is 21.3. The predicted octanol–water partition coefficient (Wildman–Crippen LogP) is 7.03. The Balaban J connectivity index is 0.000000172. The van der Waals surface area contributed by atoms with E-state index in [1.165, 1.54) is 12.0 Å². The average molecular weight is 1090 g/mol. The van der Waals surface area contributed by atoms with Crippen LogP contribution < -0.4 is 14.4 Å². The van der Waals surface area contributed by atoms with Gasteiger partial charge in [-0.1, -0.05) is 24.3 Å². The SMILES string of the molecule is CN1CCN(C(=O)c2cccc(-c3cc4c(-c5ccc(OC6CCN(C(=O)CO)CC6)c(C#N)c5)ncnc4[nH]3)c2)CC1.N#Cc1cc(-c2nccc3[nH]c(-c4ccc(N5CCOCC5)cc4)cc23)ccc1OC1CC(CO)(CO)C1. The number of piperidine rings is 1. The number of aliphatic hydroxyl groups is 3. The van der Waals surface area contributed by atoms with E-state index in [-0.39, 0.29) is 37.2 Å². The molecule has 4 aliphatic rings. The summed E-state index contributed by atoms with van der Waals surface area (Å²) in [7, 11) is 2.07. The van der Waals surface area contributed by atoms with Gasteiger partial charge in [-0.25, -0.2) is 9.97 Å². The van der Waals surface area contributed by atoms with Crippen LogP contribution in [0.15, 0.2) is 116 Å². The molecule has 3 saturated heterocycles. The van der Waals surface area contributed by atoms with Crippen molar-refractivity contribution in [1.29, 1.82) is 10.5 Å². The van der Waals surface area contributed by atoms with Gasteiger partial charge in [0, 0.05) is 127 Å². The molecule has 4 aromatic heterocycles. The number of rotatable bonds is 13. The van der Waals surface area contributed by atoms with Crippen LogP contribution in [-0.2, 0) is 9.53 Å². The van der Waals surface area contributed by atoms with Crippen molar-refractivity contribution in [1.82, 2.24) is 39.6 Å². The van der Waals surface area contributed by atoms with E-state index in [0.29, 0.717) is 91.4 Å². The zero-order valence-electron chi connectivity index (χ0n) is 45.1. The molecule has 4 fully saturated rings. The molecule has 0 radical (unpaired) electrons. The van der Waals surface area contributed by atoms with Crippen molar-refractivity contribution in [2.45, 2.75) is 37.9 Å². The van der Waals surface area contributed by atoms with E-state index in [2.05, 4.69) is 84.2 Å². The molecule has 12 rings (SSSR count). The molecule has 19 nitrogen and oxygen atoms in total. The van der Waals surface area contributed by atoms with Crippen molar-refractivity contribution in [3.05, 3.63) is 132 Å². The van der Waals surface area contributed by atoms with Crippen molar-refractivity contribution in [2.75, 3.05) is 97.3 Å². The van der Waals surface area contributed by atoms with E-state index in [4.69, 9.17) is 19.3 Å². The Morgan fingerprint density at radius 3 is 1.95 bits per heavy atom. The molecule has 0 atom stereocenters. The second kappa shape index (κ2) is 24.0. The number of carbonyl (C=O) groups excluding carboxylic acids is 2. The van der Waals surface area contributed by atoms with E-state index in [1.807, 2.05) is 65.6 Å². The van der Waals surface area contributed by atoms with Gasteiger partial charge in [-0.05, 0) is 110 Å². The first-order chi connectivity index (χ1) is 39.5. The number of benzene rings is 4. The third-order valence-electron chi connectivity index (χ3n) is 16.0. The number of aromatic nitrogens is 5. The summed E-state index contributed by atoms with van der Waals surface area (Å²) >= 11 is 0. The van der Waals surface area contributed by atoms with Gasteiger partial charge in [0.1, 0.15) is 54.4 Å². The van der Waals surface area contributed by atoms with Crippen LogP contribution in [0.2, 0.25) is 0 Å². The number of ether oxygens (including phenoxy) is 3. The Hall–Kier alpha value is -8.69. The summed E-state index contributed by atoms with van der Waals surface area (Å²) in [6, 6.07) is 37.7. The van der Waals surface area contributed by atoms with Crippen LogP contribution in [0.5, 0.6) is 11.5 Å². The quantitative estimate of drug-likeness (QED) is 0.0777. The number of nitrogens with one attached hydrogen (secondary N) is 2. The van der Waals surface area contributed by atoms with Gasteiger partial charge in [0.05, 0.1) is 48.9 Å². The zero-order valence-corrected chi connectivity index (χ0v) is 45.1. The molecule has 0 spiro atoms. The molecule has 4 aromatic carbocycles. The summed E-state index contributed by atoms with van der Waals surface area (Å²) in [6.45, 7) is 6.86. The van der Waals surface area contributed by atoms with Crippen molar-refractivity contribution in [2.24, 2.45) is 5.41 Å². The smallest absolute Gasteiger partial charge is 0.253 e. The Labute approximate surface area is 468 Å². The van der Waals surface area contributed by atoms with Crippen molar-refractivity contribution in [3.8, 4) is 68.7 Å². The maximum atomic E-state index is 13.2. The fourth-order valence-electron chi connectivity index (χ4n) is 11.2. The summed E-state index contributed by atoms with van der Waals surface area (Å²) in [4.78, 5) is 53.5. The zero-order chi connectivity index (χ0) is 56.0. The van der Waals surface area contributed by atoms with Gasteiger partial charge in [-0.2, -0.15) is 10.5 Å². The molecule has 1 saturated carbocycles. The third kappa shape index (κ3) is 11.7. The number of amides is 2.